The average molecular weight is 261 g/mol. The van der Waals surface area contributed by atoms with E-state index in [0.717, 1.165) is 25.8 Å². The molecule has 0 aromatic rings. The standard InChI is InChI=1S/C12H23NO3S/c1-3-11-6-4-5-7-13(11)12(15)10(2)17(16)9-8-14/h10-11,14H,3-9H2,1-2H3. The molecular weight excluding hydrogens is 238 g/mol. The molecule has 1 aliphatic rings. The van der Waals surface area contributed by atoms with Gasteiger partial charge >= 0.3 is 0 Å². The van der Waals surface area contributed by atoms with Gasteiger partial charge in [0.2, 0.25) is 5.91 Å². The molecule has 0 saturated carbocycles. The number of hydrogen-bond donors (Lipinski definition) is 1. The van der Waals surface area contributed by atoms with Crippen LogP contribution in [0.1, 0.15) is 39.5 Å². The van der Waals surface area contributed by atoms with E-state index in [4.69, 9.17) is 5.11 Å². The highest BCUT2D eigenvalue weighted by molar-refractivity contribution is 7.86. The number of amides is 1. The van der Waals surface area contributed by atoms with Crippen molar-refractivity contribution in [3.63, 3.8) is 0 Å². The maximum Gasteiger partial charge on any atom is 0.238 e. The Morgan fingerprint density at radius 1 is 1.53 bits per heavy atom. The predicted molar refractivity (Wildman–Crippen MR) is 69.2 cm³/mol. The summed E-state index contributed by atoms with van der Waals surface area (Å²) in [5, 5.41) is 8.27. The number of aliphatic hydroxyl groups is 1. The van der Waals surface area contributed by atoms with E-state index in [1.165, 1.54) is 6.42 Å². The molecule has 0 radical (unpaired) electrons. The Kier molecular flexibility index (Phi) is 6.12. The van der Waals surface area contributed by atoms with Crippen molar-refractivity contribution in [1.29, 1.82) is 0 Å². The first-order chi connectivity index (χ1) is 8.11. The molecule has 3 atom stereocenters. The lowest BCUT2D eigenvalue weighted by Crippen LogP contribution is -2.48. The van der Waals surface area contributed by atoms with E-state index in [1.54, 1.807) is 6.92 Å². The summed E-state index contributed by atoms with van der Waals surface area (Å²) >= 11 is 0. The molecule has 0 spiro atoms. The molecule has 1 heterocycles. The van der Waals surface area contributed by atoms with Crippen molar-refractivity contribution in [3.8, 4) is 0 Å². The fourth-order valence-electron chi connectivity index (χ4n) is 2.33. The summed E-state index contributed by atoms with van der Waals surface area (Å²) in [6.07, 6.45) is 4.24. The van der Waals surface area contributed by atoms with Gasteiger partial charge in [0.25, 0.3) is 0 Å². The number of nitrogens with zero attached hydrogens (tertiary/aromatic N) is 1. The van der Waals surface area contributed by atoms with E-state index in [9.17, 15) is 9.00 Å². The number of carbonyl (C=O) groups excluding carboxylic acids is 1. The van der Waals surface area contributed by atoms with Crippen LogP contribution in [-0.2, 0) is 15.6 Å². The van der Waals surface area contributed by atoms with Gasteiger partial charge in [0.05, 0.1) is 6.61 Å². The molecule has 100 valence electrons. The summed E-state index contributed by atoms with van der Waals surface area (Å²) < 4.78 is 11.7. The SMILES string of the molecule is CCC1CCCCN1C(=O)C(C)S(=O)CCO. The maximum atomic E-state index is 12.2. The Bertz CT molecular complexity index is 283. The minimum Gasteiger partial charge on any atom is -0.395 e. The molecule has 1 N–H and O–H groups in total. The number of rotatable bonds is 5. The van der Waals surface area contributed by atoms with Crippen LogP contribution >= 0.6 is 0 Å². The van der Waals surface area contributed by atoms with Gasteiger partial charge in [-0.1, -0.05) is 6.92 Å². The van der Waals surface area contributed by atoms with Gasteiger partial charge in [0.1, 0.15) is 5.25 Å². The summed E-state index contributed by atoms with van der Waals surface area (Å²) in [6, 6.07) is 0.310. The minimum absolute atomic E-state index is 0.0108. The monoisotopic (exact) mass is 261 g/mol. The summed E-state index contributed by atoms with van der Waals surface area (Å²) in [7, 11) is -1.25. The van der Waals surface area contributed by atoms with Crippen molar-refractivity contribution in [1.82, 2.24) is 4.90 Å². The van der Waals surface area contributed by atoms with Gasteiger partial charge in [-0.25, -0.2) is 0 Å². The molecule has 17 heavy (non-hydrogen) atoms. The second kappa shape index (κ2) is 7.11. The molecule has 0 bridgehead atoms. The van der Waals surface area contributed by atoms with Crippen molar-refractivity contribution in [2.75, 3.05) is 18.9 Å². The van der Waals surface area contributed by atoms with E-state index in [1.807, 2.05) is 4.90 Å². The molecule has 0 aliphatic carbocycles. The molecule has 1 aliphatic heterocycles. The van der Waals surface area contributed by atoms with Gasteiger partial charge in [0, 0.05) is 29.1 Å². The fraction of sp³-hybridized carbons (Fsp3) is 0.917. The van der Waals surface area contributed by atoms with Crippen molar-refractivity contribution in [2.45, 2.75) is 50.8 Å². The van der Waals surface area contributed by atoms with Crippen molar-refractivity contribution < 1.29 is 14.1 Å². The normalized spacial score (nSPS) is 24.4. The van der Waals surface area contributed by atoms with E-state index in [2.05, 4.69) is 6.92 Å². The quantitative estimate of drug-likeness (QED) is 0.800. The lowest BCUT2D eigenvalue weighted by molar-refractivity contribution is -0.134. The first kappa shape index (κ1) is 14.6. The molecule has 3 unspecified atom stereocenters. The smallest absolute Gasteiger partial charge is 0.238 e. The topological polar surface area (TPSA) is 57.6 Å². The van der Waals surface area contributed by atoms with Crippen LogP contribution in [-0.4, -0.2) is 50.3 Å². The lowest BCUT2D eigenvalue weighted by atomic mass is 10.00. The Morgan fingerprint density at radius 2 is 2.24 bits per heavy atom. The third-order valence-corrected chi connectivity index (χ3v) is 4.99. The van der Waals surface area contributed by atoms with Crippen molar-refractivity contribution in [3.05, 3.63) is 0 Å². The summed E-state index contributed by atoms with van der Waals surface area (Å²) in [5.74, 6) is 0.181. The zero-order chi connectivity index (χ0) is 12.8. The Balaban J connectivity index is 2.63. The second-order valence-corrected chi connectivity index (χ2v) is 6.42. The molecule has 1 amide bonds. The van der Waals surface area contributed by atoms with Gasteiger partial charge in [-0.2, -0.15) is 0 Å². The van der Waals surface area contributed by atoms with Crippen molar-refractivity contribution >= 4 is 16.7 Å². The van der Waals surface area contributed by atoms with Crippen LogP contribution in [0.3, 0.4) is 0 Å². The van der Waals surface area contributed by atoms with Gasteiger partial charge in [0.15, 0.2) is 0 Å². The molecule has 1 rings (SSSR count). The fourth-order valence-corrected chi connectivity index (χ4v) is 3.22. The molecular formula is C12H23NO3S. The third-order valence-electron chi connectivity index (χ3n) is 3.42. The molecule has 0 aromatic heterocycles. The van der Waals surface area contributed by atoms with Gasteiger partial charge in [-0.3, -0.25) is 9.00 Å². The highest BCUT2D eigenvalue weighted by Crippen LogP contribution is 2.21. The van der Waals surface area contributed by atoms with Crippen LogP contribution in [0.4, 0.5) is 0 Å². The Hall–Kier alpha value is -0.420. The summed E-state index contributed by atoms with van der Waals surface area (Å²) in [6.45, 7) is 4.46. The minimum atomic E-state index is -1.25. The van der Waals surface area contributed by atoms with Gasteiger partial charge in [-0.15, -0.1) is 0 Å². The number of aliphatic hydroxyl groups excluding tert-OH is 1. The third kappa shape index (κ3) is 3.78. The molecule has 4 nitrogen and oxygen atoms in total. The summed E-state index contributed by atoms with van der Waals surface area (Å²) in [5.41, 5.74) is 0. The average Bonchev–Trinajstić information content (AvgIpc) is 2.37. The van der Waals surface area contributed by atoms with E-state index < -0.39 is 16.0 Å². The van der Waals surface area contributed by atoms with Gasteiger partial charge < -0.3 is 10.0 Å². The zero-order valence-corrected chi connectivity index (χ0v) is 11.5. The first-order valence-corrected chi connectivity index (χ1v) is 7.78. The maximum absolute atomic E-state index is 12.2. The number of hydrogen-bond acceptors (Lipinski definition) is 3. The Labute approximate surface area is 106 Å². The number of piperidine rings is 1. The van der Waals surface area contributed by atoms with Gasteiger partial charge in [-0.05, 0) is 32.6 Å². The molecule has 1 fully saturated rings. The summed E-state index contributed by atoms with van der Waals surface area (Å²) in [4.78, 5) is 14.1. The van der Waals surface area contributed by atoms with Crippen LogP contribution in [0.15, 0.2) is 0 Å². The zero-order valence-electron chi connectivity index (χ0n) is 10.7. The highest BCUT2D eigenvalue weighted by Gasteiger charge is 2.30. The molecule has 1 saturated heterocycles. The second-order valence-electron chi connectivity index (χ2n) is 4.54. The largest absolute Gasteiger partial charge is 0.395 e. The van der Waals surface area contributed by atoms with Crippen LogP contribution in [0.25, 0.3) is 0 Å². The number of likely N-dealkylation sites (tertiary alicyclic amines) is 1. The van der Waals surface area contributed by atoms with E-state index >= 15 is 0 Å². The number of carbonyl (C=O) groups is 1. The molecule has 0 aromatic carbocycles. The van der Waals surface area contributed by atoms with Crippen LogP contribution in [0.5, 0.6) is 0 Å². The predicted octanol–water partition coefficient (Wildman–Crippen LogP) is 0.907. The van der Waals surface area contributed by atoms with Crippen LogP contribution in [0.2, 0.25) is 0 Å². The lowest BCUT2D eigenvalue weighted by Gasteiger charge is -2.36. The van der Waals surface area contributed by atoms with Crippen LogP contribution in [0, 0.1) is 0 Å². The Morgan fingerprint density at radius 3 is 2.82 bits per heavy atom. The van der Waals surface area contributed by atoms with E-state index in [-0.39, 0.29) is 18.3 Å². The highest BCUT2D eigenvalue weighted by atomic mass is 32.2. The first-order valence-electron chi connectivity index (χ1n) is 6.40. The van der Waals surface area contributed by atoms with E-state index in [0.29, 0.717) is 6.04 Å². The molecule has 5 heteroatoms. The van der Waals surface area contributed by atoms with Crippen molar-refractivity contribution in [2.24, 2.45) is 0 Å². The van der Waals surface area contributed by atoms with Crippen LogP contribution < -0.4 is 0 Å².